The Labute approximate surface area is 157 Å². The van der Waals surface area contributed by atoms with E-state index in [4.69, 9.17) is 27.9 Å². The maximum absolute atomic E-state index is 12.4. The molecule has 0 saturated heterocycles. The summed E-state index contributed by atoms with van der Waals surface area (Å²) in [7, 11) is 0. The number of nitrogens with zero attached hydrogens (tertiary/aromatic N) is 4. The predicted molar refractivity (Wildman–Crippen MR) is 99.0 cm³/mol. The third kappa shape index (κ3) is 5.28. The number of halogens is 2. The number of carbonyl (C=O) groups excluding carboxylic acids is 1. The highest BCUT2D eigenvalue weighted by molar-refractivity contribution is 6.35. The number of imidazole rings is 1. The van der Waals surface area contributed by atoms with Crippen LogP contribution < -0.4 is 0 Å². The number of aromatic nitrogens is 4. The molecule has 0 aliphatic heterocycles. The lowest BCUT2D eigenvalue weighted by Crippen LogP contribution is -2.22. The van der Waals surface area contributed by atoms with E-state index in [-0.39, 0.29) is 16.4 Å². The molecule has 2 aromatic rings. The summed E-state index contributed by atoms with van der Waals surface area (Å²) in [5.41, 5.74) is 0.886. The molecule has 0 aliphatic carbocycles. The quantitative estimate of drug-likeness (QED) is 0.249. The van der Waals surface area contributed by atoms with Crippen LogP contribution in [0.15, 0.2) is 6.33 Å². The Morgan fingerprint density at radius 3 is 2.60 bits per heavy atom. The van der Waals surface area contributed by atoms with Crippen LogP contribution in [0, 0.1) is 0 Å². The summed E-state index contributed by atoms with van der Waals surface area (Å²) in [5, 5.41) is 0.206. The summed E-state index contributed by atoms with van der Waals surface area (Å²) in [6.45, 7) is 4.32. The number of carbonyl (C=O) groups is 1. The predicted octanol–water partition coefficient (Wildman–Crippen LogP) is 4.99. The minimum absolute atomic E-state index is 0.0291. The van der Waals surface area contributed by atoms with Crippen LogP contribution in [0.2, 0.25) is 10.4 Å². The smallest absolute Gasteiger partial charge is 0.329 e. The maximum Gasteiger partial charge on any atom is 0.329 e. The lowest BCUT2D eigenvalue weighted by molar-refractivity contribution is -0.147. The Morgan fingerprint density at radius 2 is 1.88 bits per heavy atom. The first-order valence-corrected chi connectivity index (χ1v) is 9.56. The second-order valence-corrected chi connectivity index (χ2v) is 6.63. The Kier molecular flexibility index (Phi) is 7.90. The highest BCUT2D eigenvalue weighted by Gasteiger charge is 2.25. The first-order valence-electron chi connectivity index (χ1n) is 8.80. The van der Waals surface area contributed by atoms with Gasteiger partial charge in [0.05, 0.1) is 12.9 Å². The van der Waals surface area contributed by atoms with Crippen molar-refractivity contribution in [3.63, 3.8) is 0 Å². The zero-order valence-corrected chi connectivity index (χ0v) is 16.2. The molecule has 2 rings (SSSR count). The normalized spacial score (nSPS) is 12.5. The molecule has 25 heavy (non-hydrogen) atoms. The van der Waals surface area contributed by atoms with Gasteiger partial charge < -0.3 is 9.30 Å². The van der Waals surface area contributed by atoms with Gasteiger partial charge in [-0.25, -0.2) is 14.8 Å². The SMILES string of the molecule is CCCCCCCCC(C(=O)OCC)n1cnc2c(Cl)nc(Cl)nc21. The number of unbranched alkanes of at least 4 members (excludes halogenated alkanes) is 5. The Morgan fingerprint density at radius 1 is 1.16 bits per heavy atom. The van der Waals surface area contributed by atoms with Crippen molar-refractivity contribution in [3.8, 4) is 0 Å². The molecule has 0 aromatic carbocycles. The van der Waals surface area contributed by atoms with Gasteiger partial charge in [-0.1, -0.05) is 57.0 Å². The molecule has 0 N–H and O–H groups in total. The molecule has 6 nitrogen and oxygen atoms in total. The Balaban J connectivity index is 2.16. The van der Waals surface area contributed by atoms with Crippen LogP contribution in [-0.2, 0) is 9.53 Å². The molecule has 0 saturated carbocycles. The highest BCUT2D eigenvalue weighted by Crippen LogP contribution is 2.26. The monoisotopic (exact) mass is 386 g/mol. The van der Waals surface area contributed by atoms with Gasteiger partial charge >= 0.3 is 5.97 Å². The maximum atomic E-state index is 12.4. The molecule has 2 heterocycles. The van der Waals surface area contributed by atoms with Gasteiger partial charge in [0.15, 0.2) is 10.8 Å². The van der Waals surface area contributed by atoms with E-state index in [0.717, 1.165) is 12.8 Å². The minimum Gasteiger partial charge on any atom is -0.464 e. The van der Waals surface area contributed by atoms with Crippen LogP contribution in [0.25, 0.3) is 11.2 Å². The largest absolute Gasteiger partial charge is 0.464 e. The molecular formula is C17H24Cl2N4O2. The number of esters is 1. The summed E-state index contributed by atoms with van der Waals surface area (Å²) < 4.78 is 6.93. The number of hydrogen-bond acceptors (Lipinski definition) is 5. The average Bonchev–Trinajstić information content (AvgIpc) is 2.98. The zero-order chi connectivity index (χ0) is 18.2. The molecule has 0 radical (unpaired) electrons. The Bertz CT molecular complexity index is 705. The molecule has 0 fully saturated rings. The highest BCUT2D eigenvalue weighted by atomic mass is 35.5. The molecule has 2 aromatic heterocycles. The fourth-order valence-electron chi connectivity index (χ4n) is 2.81. The van der Waals surface area contributed by atoms with Crippen LogP contribution in [0.1, 0.15) is 64.8 Å². The fourth-order valence-corrected chi connectivity index (χ4v) is 3.23. The summed E-state index contributed by atoms with van der Waals surface area (Å²) in [6, 6.07) is -0.488. The van der Waals surface area contributed by atoms with Crippen molar-refractivity contribution in [1.29, 1.82) is 0 Å². The second kappa shape index (κ2) is 9.92. The van der Waals surface area contributed by atoms with Gasteiger partial charge in [0.2, 0.25) is 5.28 Å². The van der Waals surface area contributed by atoms with Gasteiger partial charge in [0, 0.05) is 0 Å². The molecule has 1 atom stereocenters. The summed E-state index contributed by atoms with van der Waals surface area (Å²) in [4.78, 5) is 24.8. The molecule has 0 bridgehead atoms. The van der Waals surface area contributed by atoms with Crippen molar-refractivity contribution in [2.24, 2.45) is 0 Å². The number of rotatable bonds is 10. The van der Waals surface area contributed by atoms with Crippen LogP contribution >= 0.6 is 23.2 Å². The van der Waals surface area contributed by atoms with Gasteiger partial charge in [0.25, 0.3) is 0 Å². The van der Waals surface area contributed by atoms with E-state index >= 15 is 0 Å². The number of hydrogen-bond donors (Lipinski definition) is 0. The number of ether oxygens (including phenoxy) is 1. The molecule has 0 amide bonds. The third-order valence-corrected chi connectivity index (χ3v) is 4.51. The van der Waals surface area contributed by atoms with Gasteiger partial charge in [-0.15, -0.1) is 0 Å². The molecule has 1 unspecified atom stereocenters. The standard InChI is InChI=1S/C17H24Cl2N4O2/c1-3-5-6-7-8-9-10-12(16(24)25-4-2)23-11-20-13-14(18)21-17(19)22-15(13)23/h11-12H,3-10H2,1-2H3. The van der Waals surface area contributed by atoms with Gasteiger partial charge in [0.1, 0.15) is 11.6 Å². The average molecular weight is 387 g/mol. The topological polar surface area (TPSA) is 69.9 Å². The van der Waals surface area contributed by atoms with Gasteiger partial charge in [-0.2, -0.15) is 4.98 Å². The molecule has 138 valence electrons. The van der Waals surface area contributed by atoms with Crippen LogP contribution in [-0.4, -0.2) is 32.1 Å². The lowest BCUT2D eigenvalue weighted by atomic mass is 10.1. The van der Waals surface area contributed by atoms with Crippen molar-refractivity contribution in [1.82, 2.24) is 19.5 Å². The minimum atomic E-state index is -0.488. The van der Waals surface area contributed by atoms with E-state index in [9.17, 15) is 4.79 Å². The first-order chi connectivity index (χ1) is 12.1. The van der Waals surface area contributed by atoms with Gasteiger partial charge in [-0.3, -0.25) is 0 Å². The fraction of sp³-hybridized carbons (Fsp3) is 0.647. The summed E-state index contributed by atoms with van der Waals surface area (Å²) in [5.74, 6) is -0.291. The van der Waals surface area contributed by atoms with E-state index in [1.54, 1.807) is 17.8 Å². The van der Waals surface area contributed by atoms with E-state index in [1.807, 2.05) is 0 Å². The third-order valence-electron chi connectivity index (χ3n) is 4.08. The van der Waals surface area contributed by atoms with Crippen molar-refractivity contribution in [2.75, 3.05) is 6.61 Å². The van der Waals surface area contributed by atoms with E-state index < -0.39 is 6.04 Å². The van der Waals surface area contributed by atoms with E-state index in [1.165, 1.54) is 25.7 Å². The number of fused-ring (bicyclic) bond motifs is 1. The molecular weight excluding hydrogens is 363 g/mol. The lowest BCUT2D eigenvalue weighted by Gasteiger charge is -2.17. The first kappa shape index (κ1) is 19.9. The zero-order valence-electron chi connectivity index (χ0n) is 14.7. The summed E-state index contributed by atoms with van der Waals surface area (Å²) >= 11 is 12.0. The van der Waals surface area contributed by atoms with Crippen LogP contribution in [0.4, 0.5) is 0 Å². The van der Waals surface area contributed by atoms with Gasteiger partial charge in [-0.05, 0) is 24.9 Å². The molecule has 8 heteroatoms. The summed E-state index contributed by atoms with van der Waals surface area (Å²) in [6.07, 6.45) is 9.10. The van der Waals surface area contributed by atoms with E-state index in [0.29, 0.717) is 24.2 Å². The van der Waals surface area contributed by atoms with Crippen molar-refractivity contribution in [3.05, 3.63) is 16.8 Å². The second-order valence-electron chi connectivity index (χ2n) is 5.93. The van der Waals surface area contributed by atoms with Crippen molar-refractivity contribution in [2.45, 2.75) is 64.8 Å². The molecule has 0 aliphatic rings. The van der Waals surface area contributed by atoms with Crippen molar-refractivity contribution < 1.29 is 9.53 Å². The Hall–Kier alpha value is -1.40. The van der Waals surface area contributed by atoms with Crippen molar-refractivity contribution >= 4 is 40.3 Å². The molecule has 0 spiro atoms. The van der Waals surface area contributed by atoms with E-state index in [2.05, 4.69) is 21.9 Å². The van der Waals surface area contributed by atoms with Crippen LogP contribution in [0.3, 0.4) is 0 Å². The van der Waals surface area contributed by atoms with Crippen LogP contribution in [0.5, 0.6) is 0 Å².